The van der Waals surface area contributed by atoms with Crippen molar-refractivity contribution in [2.75, 3.05) is 6.61 Å². The van der Waals surface area contributed by atoms with Crippen molar-refractivity contribution < 1.29 is 4.74 Å². The third-order valence-corrected chi connectivity index (χ3v) is 7.04. The molecule has 1 saturated carbocycles. The van der Waals surface area contributed by atoms with Gasteiger partial charge in [-0.05, 0) is 38.2 Å². The Hall–Kier alpha value is -1.06. The molecule has 118 valence electrons. The highest BCUT2D eigenvalue weighted by Crippen LogP contribution is 2.61. The second kappa shape index (κ2) is 4.48. The van der Waals surface area contributed by atoms with Gasteiger partial charge in [0.2, 0.25) is 0 Å². The molecule has 3 fully saturated rings. The Morgan fingerprint density at radius 2 is 1.91 bits per heavy atom. The number of nitrogens with zero attached hydrogens (tertiary/aromatic N) is 2. The molecular weight excluding hydrogens is 272 g/mol. The van der Waals surface area contributed by atoms with Crippen molar-refractivity contribution in [2.24, 2.45) is 5.92 Å². The molecule has 0 N–H and O–H groups in total. The zero-order chi connectivity index (χ0) is 14.9. The Balaban J connectivity index is 1.68. The van der Waals surface area contributed by atoms with Gasteiger partial charge < -0.3 is 4.74 Å². The quantitative estimate of drug-likeness (QED) is 0.827. The first-order valence-corrected chi connectivity index (χ1v) is 9.09. The Morgan fingerprint density at radius 1 is 1.14 bits per heavy atom. The fourth-order valence-corrected chi connectivity index (χ4v) is 6.10. The first-order valence-electron chi connectivity index (χ1n) is 9.09. The highest BCUT2D eigenvalue weighted by molar-refractivity contribution is 5.40. The maximum absolute atomic E-state index is 6.20. The highest BCUT2D eigenvalue weighted by atomic mass is 16.5. The summed E-state index contributed by atoms with van der Waals surface area (Å²) in [7, 11) is 0. The second-order valence-corrected chi connectivity index (χ2v) is 7.56. The van der Waals surface area contributed by atoms with E-state index >= 15 is 0 Å². The van der Waals surface area contributed by atoms with E-state index in [1.807, 2.05) is 0 Å². The van der Waals surface area contributed by atoms with Crippen LogP contribution in [0.3, 0.4) is 0 Å². The lowest BCUT2D eigenvalue weighted by atomic mass is 9.74. The zero-order valence-electron chi connectivity index (χ0n) is 13.7. The maximum Gasteiger partial charge on any atom is 0.124 e. The summed E-state index contributed by atoms with van der Waals surface area (Å²) in [6.45, 7) is 5.66. The van der Waals surface area contributed by atoms with E-state index in [4.69, 9.17) is 4.74 Å². The van der Waals surface area contributed by atoms with Gasteiger partial charge in [0.1, 0.15) is 5.75 Å². The number of hydrazine groups is 1. The third kappa shape index (κ3) is 1.40. The summed E-state index contributed by atoms with van der Waals surface area (Å²) in [6, 6.07) is 10.8. The molecule has 0 aromatic heterocycles. The van der Waals surface area contributed by atoms with Crippen LogP contribution in [0, 0.1) is 5.92 Å². The summed E-state index contributed by atoms with van der Waals surface area (Å²) in [6.07, 6.45) is 6.63. The summed E-state index contributed by atoms with van der Waals surface area (Å²) >= 11 is 0. The SMILES string of the molecule is CCC1(CC)[C@H]2COc3ccccc3[C@H]2N2[C@@H]3CC[C@@H](C3)N21. The van der Waals surface area contributed by atoms with Crippen molar-refractivity contribution in [2.45, 2.75) is 69.6 Å². The number of benzene rings is 1. The van der Waals surface area contributed by atoms with Gasteiger partial charge in [-0.1, -0.05) is 32.0 Å². The monoisotopic (exact) mass is 298 g/mol. The molecule has 2 saturated heterocycles. The molecule has 22 heavy (non-hydrogen) atoms. The van der Waals surface area contributed by atoms with Gasteiger partial charge in [-0.25, -0.2) is 10.0 Å². The Morgan fingerprint density at radius 3 is 2.73 bits per heavy atom. The molecule has 4 aliphatic rings. The minimum atomic E-state index is 0.304. The number of rotatable bonds is 2. The summed E-state index contributed by atoms with van der Waals surface area (Å²) < 4.78 is 6.20. The molecule has 3 heterocycles. The Labute approximate surface area is 133 Å². The average Bonchev–Trinajstić information content (AvgIpc) is 3.25. The molecule has 0 amide bonds. The van der Waals surface area contributed by atoms with Gasteiger partial charge in [-0.3, -0.25) is 0 Å². The van der Waals surface area contributed by atoms with Crippen molar-refractivity contribution in [3.63, 3.8) is 0 Å². The van der Waals surface area contributed by atoms with Crippen molar-refractivity contribution in [1.82, 2.24) is 10.0 Å². The molecule has 0 spiro atoms. The number of para-hydroxylation sites is 1. The normalized spacial score (nSPS) is 38.5. The van der Waals surface area contributed by atoms with Gasteiger partial charge in [-0.2, -0.15) is 0 Å². The lowest BCUT2D eigenvalue weighted by molar-refractivity contribution is -0.0943. The van der Waals surface area contributed by atoms with E-state index in [9.17, 15) is 0 Å². The van der Waals surface area contributed by atoms with Crippen LogP contribution in [0.15, 0.2) is 24.3 Å². The van der Waals surface area contributed by atoms with E-state index in [-0.39, 0.29) is 0 Å². The smallest absolute Gasteiger partial charge is 0.124 e. The molecule has 1 aromatic carbocycles. The molecule has 4 atom stereocenters. The summed E-state index contributed by atoms with van der Waals surface area (Å²) in [4.78, 5) is 0. The number of fused-ring (bicyclic) bond motifs is 9. The molecule has 2 bridgehead atoms. The largest absolute Gasteiger partial charge is 0.493 e. The van der Waals surface area contributed by atoms with Crippen LogP contribution in [0.2, 0.25) is 0 Å². The van der Waals surface area contributed by atoms with Crippen LogP contribution >= 0.6 is 0 Å². The van der Waals surface area contributed by atoms with Gasteiger partial charge in [0.25, 0.3) is 0 Å². The van der Waals surface area contributed by atoms with Crippen LogP contribution in [-0.4, -0.2) is 34.2 Å². The molecule has 0 unspecified atom stereocenters. The molecule has 3 nitrogen and oxygen atoms in total. The van der Waals surface area contributed by atoms with Crippen LogP contribution in [0.4, 0.5) is 0 Å². The van der Waals surface area contributed by atoms with Crippen molar-refractivity contribution in [1.29, 1.82) is 0 Å². The van der Waals surface area contributed by atoms with Gasteiger partial charge in [-0.15, -0.1) is 0 Å². The Kier molecular flexibility index (Phi) is 2.73. The maximum atomic E-state index is 6.20. The molecule has 1 aromatic rings. The first-order chi connectivity index (χ1) is 10.8. The fourth-order valence-electron chi connectivity index (χ4n) is 6.10. The molecule has 1 aliphatic carbocycles. The van der Waals surface area contributed by atoms with Gasteiger partial charge >= 0.3 is 0 Å². The molecular formula is C19H26N2O. The minimum absolute atomic E-state index is 0.304. The lowest BCUT2D eigenvalue weighted by Crippen LogP contribution is -2.54. The van der Waals surface area contributed by atoms with Crippen molar-refractivity contribution in [3.8, 4) is 5.75 Å². The fraction of sp³-hybridized carbons (Fsp3) is 0.684. The van der Waals surface area contributed by atoms with Gasteiger partial charge in [0, 0.05) is 29.1 Å². The number of hydrogen-bond donors (Lipinski definition) is 0. The van der Waals surface area contributed by atoms with Crippen LogP contribution in [0.1, 0.15) is 57.6 Å². The topological polar surface area (TPSA) is 15.7 Å². The third-order valence-electron chi connectivity index (χ3n) is 7.04. The predicted octanol–water partition coefficient (Wildman–Crippen LogP) is 3.76. The van der Waals surface area contributed by atoms with E-state index in [2.05, 4.69) is 48.1 Å². The highest BCUT2D eigenvalue weighted by Gasteiger charge is 2.65. The van der Waals surface area contributed by atoms with E-state index in [1.165, 1.54) is 37.7 Å². The lowest BCUT2D eigenvalue weighted by Gasteiger charge is -2.45. The van der Waals surface area contributed by atoms with E-state index in [0.717, 1.165) is 24.4 Å². The van der Waals surface area contributed by atoms with Crippen LogP contribution in [-0.2, 0) is 0 Å². The average molecular weight is 298 g/mol. The van der Waals surface area contributed by atoms with Gasteiger partial charge in [0.15, 0.2) is 0 Å². The molecule has 0 radical (unpaired) electrons. The minimum Gasteiger partial charge on any atom is -0.493 e. The van der Waals surface area contributed by atoms with E-state index < -0.39 is 0 Å². The summed E-state index contributed by atoms with van der Waals surface area (Å²) in [5.41, 5.74) is 1.73. The Bertz CT molecular complexity index is 597. The van der Waals surface area contributed by atoms with Gasteiger partial charge in [0.05, 0.1) is 12.6 Å². The van der Waals surface area contributed by atoms with Crippen molar-refractivity contribution >= 4 is 0 Å². The second-order valence-electron chi connectivity index (χ2n) is 7.56. The first kappa shape index (κ1) is 13.4. The molecule has 3 aliphatic heterocycles. The molecule has 3 heteroatoms. The number of hydrogen-bond acceptors (Lipinski definition) is 3. The standard InChI is InChI=1S/C19H26N2O/c1-3-19(4-2)16-12-22-17-8-6-5-7-15(17)18(16)20-13-9-10-14(11-13)21(19)20/h5-8,13-14,16,18H,3-4,9-12H2,1-2H3/t13-,14+,16+,18-/m1/s1. The number of ether oxygens (including phenoxy) is 1. The van der Waals surface area contributed by atoms with Crippen LogP contribution in [0.25, 0.3) is 0 Å². The van der Waals surface area contributed by atoms with E-state index in [0.29, 0.717) is 17.5 Å². The summed E-state index contributed by atoms with van der Waals surface area (Å²) in [5.74, 6) is 1.73. The van der Waals surface area contributed by atoms with E-state index in [1.54, 1.807) is 0 Å². The van der Waals surface area contributed by atoms with Crippen LogP contribution in [0.5, 0.6) is 5.75 Å². The van der Waals surface area contributed by atoms with Crippen LogP contribution < -0.4 is 4.74 Å². The van der Waals surface area contributed by atoms with Crippen molar-refractivity contribution in [3.05, 3.63) is 29.8 Å². The summed E-state index contributed by atoms with van der Waals surface area (Å²) in [5, 5.41) is 5.63. The molecule has 5 rings (SSSR count). The predicted molar refractivity (Wildman–Crippen MR) is 86.6 cm³/mol. The zero-order valence-corrected chi connectivity index (χ0v) is 13.7.